The summed E-state index contributed by atoms with van der Waals surface area (Å²) in [6.45, 7) is 0. The van der Waals surface area contributed by atoms with E-state index in [9.17, 15) is 4.79 Å². The van der Waals surface area contributed by atoms with Gasteiger partial charge in [-0.15, -0.1) is 0 Å². The summed E-state index contributed by atoms with van der Waals surface area (Å²) in [4.78, 5) is 11.2. The maximum atomic E-state index is 11.2. The van der Waals surface area contributed by atoms with E-state index in [2.05, 4.69) is 0 Å². The van der Waals surface area contributed by atoms with Crippen LogP contribution in [-0.4, -0.2) is 5.78 Å². The summed E-state index contributed by atoms with van der Waals surface area (Å²) in [6.07, 6.45) is 3.24. The van der Waals surface area contributed by atoms with Crippen LogP contribution in [0.3, 0.4) is 0 Å². The Morgan fingerprint density at radius 2 is 2.00 bits per heavy atom. The summed E-state index contributed by atoms with van der Waals surface area (Å²) in [5, 5.41) is 0. The van der Waals surface area contributed by atoms with Crippen molar-refractivity contribution >= 4 is 17.5 Å². The number of anilines is 1. The van der Waals surface area contributed by atoms with Gasteiger partial charge in [-0.1, -0.05) is 12.1 Å². The zero-order chi connectivity index (χ0) is 9.42. The molecule has 0 saturated heterocycles. The number of rotatable bonds is 0. The first-order valence-corrected chi connectivity index (χ1v) is 4.05. The lowest BCUT2D eigenvalue weighted by molar-refractivity contribution is -0.115. The van der Waals surface area contributed by atoms with Crippen molar-refractivity contribution < 1.29 is 4.79 Å². The second-order valence-corrected chi connectivity index (χ2v) is 3.10. The highest BCUT2D eigenvalue weighted by Gasteiger charge is 2.19. The van der Waals surface area contributed by atoms with Gasteiger partial charge in [-0.3, -0.25) is 4.79 Å². The molecular weight excluding hydrogens is 164 g/mol. The van der Waals surface area contributed by atoms with Gasteiger partial charge in [0.1, 0.15) is 0 Å². The Morgan fingerprint density at radius 3 is 2.77 bits per heavy atom. The number of hydrogen-bond acceptors (Lipinski definition) is 3. The lowest BCUT2D eigenvalue weighted by Gasteiger charge is -2.16. The fourth-order valence-electron chi connectivity index (χ4n) is 1.45. The van der Waals surface area contributed by atoms with Crippen molar-refractivity contribution in [3.05, 3.63) is 35.4 Å². The lowest BCUT2D eigenvalue weighted by atomic mass is 9.92. The first-order valence-electron chi connectivity index (χ1n) is 4.05. The molecule has 1 aliphatic carbocycles. The highest BCUT2D eigenvalue weighted by atomic mass is 16.1. The summed E-state index contributed by atoms with van der Waals surface area (Å²) in [5.41, 5.74) is 13.8. The molecule has 4 N–H and O–H groups in total. The molecule has 0 bridgehead atoms. The van der Waals surface area contributed by atoms with Gasteiger partial charge in [0.2, 0.25) is 0 Å². The van der Waals surface area contributed by atoms with Crippen molar-refractivity contribution in [1.29, 1.82) is 0 Å². The summed E-state index contributed by atoms with van der Waals surface area (Å²) in [5.74, 6) is -0.0581. The highest BCUT2D eigenvalue weighted by molar-refractivity contribution is 6.01. The van der Waals surface area contributed by atoms with Crippen molar-refractivity contribution in [3.8, 4) is 0 Å². The molecule has 13 heavy (non-hydrogen) atoms. The fraction of sp³-hybridized carbons (Fsp3) is 0.100. The number of fused-ring (bicyclic) bond motifs is 1. The van der Waals surface area contributed by atoms with E-state index in [-0.39, 0.29) is 5.78 Å². The third-order valence-corrected chi connectivity index (χ3v) is 2.18. The largest absolute Gasteiger partial charge is 0.399 e. The Labute approximate surface area is 76.0 Å². The zero-order valence-corrected chi connectivity index (χ0v) is 7.03. The quantitative estimate of drug-likeness (QED) is 0.573. The predicted molar refractivity (Wildman–Crippen MR) is 51.8 cm³/mol. The number of nitrogens with two attached hydrogens (primary N) is 2. The van der Waals surface area contributed by atoms with Gasteiger partial charge in [0, 0.05) is 5.69 Å². The van der Waals surface area contributed by atoms with Gasteiger partial charge in [-0.2, -0.15) is 0 Å². The van der Waals surface area contributed by atoms with Crippen LogP contribution in [0, 0.1) is 0 Å². The van der Waals surface area contributed by atoms with Crippen LogP contribution >= 0.6 is 0 Å². The van der Waals surface area contributed by atoms with Crippen molar-refractivity contribution in [2.24, 2.45) is 5.73 Å². The molecule has 1 aromatic rings. The molecule has 0 radical (unpaired) electrons. The summed E-state index contributed by atoms with van der Waals surface area (Å²) < 4.78 is 0. The molecule has 0 heterocycles. The van der Waals surface area contributed by atoms with Crippen LogP contribution in [-0.2, 0) is 4.79 Å². The van der Waals surface area contributed by atoms with Crippen LogP contribution in [0.2, 0.25) is 0 Å². The van der Waals surface area contributed by atoms with Gasteiger partial charge >= 0.3 is 0 Å². The molecule has 1 aromatic carbocycles. The number of benzene rings is 1. The fourth-order valence-corrected chi connectivity index (χ4v) is 1.45. The Balaban J connectivity index is 2.59. The van der Waals surface area contributed by atoms with Gasteiger partial charge in [-0.25, -0.2) is 0 Å². The van der Waals surface area contributed by atoms with E-state index in [1.165, 1.54) is 6.08 Å². The van der Waals surface area contributed by atoms with Crippen LogP contribution in [0.15, 0.2) is 24.3 Å². The van der Waals surface area contributed by atoms with Crippen molar-refractivity contribution in [1.82, 2.24) is 0 Å². The smallest absolute Gasteiger partial charge is 0.176 e. The maximum absolute atomic E-state index is 11.2. The molecule has 0 unspecified atom stereocenters. The van der Waals surface area contributed by atoms with Crippen LogP contribution in [0.5, 0.6) is 0 Å². The van der Waals surface area contributed by atoms with Gasteiger partial charge in [0.05, 0.1) is 6.04 Å². The average molecular weight is 174 g/mol. The van der Waals surface area contributed by atoms with Gasteiger partial charge in [0.15, 0.2) is 5.78 Å². The third kappa shape index (κ3) is 1.23. The highest BCUT2D eigenvalue weighted by Crippen LogP contribution is 2.25. The zero-order valence-electron chi connectivity index (χ0n) is 7.03. The molecule has 66 valence electrons. The first kappa shape index (κ1) is 8.01. The van der Waals surface area contributed by atoms with E-state index >= 15 is 0 Å². The number of nitrogen functional groups attached to an aromatic ring is 1. The molecule has 0 fully saturated rings. The van der Waals surface area contributed by atoms with Gasteiger partial charge < -0.3 is 11.5 Å². The molecule has 2 rings (SSSR count). The maximum Gasteiger partial charge on any atom is 0.176 e. The molecule has 0 spiro atoms. The Bertz CT molecular complexity index is 396. The average Bonchev–Trinajstić information content (AvgIpc) is 2.12. The van der Waals surface area contributed by atoms with E-state index in [4.69, 9.17) is 11.5 Å². The molecule has 0 saturated carbocycles. The molecule has 0 aromatic heterocycles. The van der Waals surface area contributed by atoms with Crippen molar-refractivity contribution in [3.63, 3.8) is 0 Å². The molecule has 1 atom stereocenters. The van der Waals surface area contributed by atoms with E-state index in [0.29, 0.717) is 5.69 Å². The van der Waals surface area contributed by atoms with E-state index in [1.54, 1.807) is 18.2 Å². The molecular formula is C10H10N2O. The molecule has 0 amide bonds. The van der Waals surface area contributed by atoms with Crippen LogP contribution < -0.4 is 11.5 Å². The second-order valence-electron chi connectivity index (χ2n) is 3.10. The summed E-state index contributed by atoms with van der Waals surface area (Å²) >= 11 is 0. The third-order valence-electron chi connectivity index (χ3n) is 2.18. The molecule has 3 nitrogen and oxygen atoms in total. The minimum Gasteiger partial charge on any atom is -0.399 e. The van der Waals surface area contributed by atoms with E-state index in [0.717, 1.165) is 11.1 Å². The molecule has 1 aliphatic rings. The SMILES string of the molecule is Nc1ccc2c(c1)C=CC(=O)[C@H]2N. The van der Waals surface area contributed by atoms with Crippen LogP contribution in [0.25, 0.3) is 6.08 Å². The number of hydrogen-bond donors (Lipinski definition) is 2. The predicted octanol–water partition coefficient (Wildman–Crippen LogP) is 0.865. The Morgan fingerprint density at radius 1 is 1.23 bits per heavy atom. The number of carbonyl (C=O) groups excluding carboxylic acids is 1. The minimum absolute atomic E-state index is 0.0581. The Kier molecular flexibility index (Phi) is 1.67. The van der Waals surface area contributed by atoms with Crippen molar-refractivity contribution in [2.75, 3.05) is 5.73 Å². The Hall–Kier alpha value is -1.61. The van der Waals surface area contributed by atoms with Crippen LogP contribution in [0.4, 0.5) is 5.69 Å². The standard InChI is InChI=1S/C10H10N2O/c11-7-2-3-8-6(5-7)1-4-9(13)10(8)12/h1-5,10H,11-12H2/t10-/m0/s1. The monoisotopic (exact) mass is 174 g/mol. The minimum atomic E-state index is -0.527. The lowest BCUT2D eigenvalue weighted by Crippen LogP contribution is -2.22. The van der Waals surface area contributed by atoms with Gasteiger partial charge in [-0.05, 0) is 29.3 Å². The van der Waals surface area contributed by atoms with E-state index in [1.807, 2.05) is 6.07 Å². The molecule has 0 aliphatic heterocycles. The number of ketones is 1. The molecule has 3 heteroatoms. The van der Waals surface area contributed by atoms with E-state index < -0.39 is 6.04 Å². The number of carbonyl (C=O) groups is 1. The van der Waals surface area contributed by atoms with Crippen molar-refractivity contribution in [2.45, 2.75) is 6.04 Å². The second kappa shape index (κ2) is 2.71. The van der Waals surface area contributed by atoms with Crippen LogP contribution in [0.1, 0.15) is 17.2 Å². The summed E-state index contributed by atoms with van der Waals surface area (Å²) in [6, 6.07) is 4.85. The van der Waals surface area contributed by atoms with Gasteiger partial charge in [0.25, 0.3) is 0 Å². The first-order chi connectivity index (χ1) is 6.18. The normalized spacial score (nSPS) is 20.1. The summed E-state index contributed by atoms with van der Waals surface area (Å²) in [7, 11) is 0. The topological polar surface area (TPSA) is 69.1 Å².